The molecule has 4 heteroatoms. The van der Waals surface area contributed by atoms with Crippen LogP contribution in [0.4, 0.5) is 4.39 Å². The second kappa shape index (κ2) is 3.50. The third-order valence-corrected chi connectivity index (χ3v) is 3.59. The lowest BCUT2D eigenvalue weighted by Gasteiger charge is -2.36. The van der Waals surface area contributed by atoms with Crippen LogP contribution in [0.1, 0.15) is 31.2 Å². The molecule has 1 aromatic heterocycles. The number of ether oxygens (including phenoxy) is 1. The lowest BCUT2D eigenvalue weighted by molar-refractivity contribution is -0.117. The van der Waals surface area contributed by atoms with Gasteiger partial charge in [0, 0.05) is 24.6 Å². The van der Waals surface area contributed by atoms with Gasteiger partial charge in [-0.25, -0.2) is 4.98 Å². The number of hydrogen-bond acceptors (Lipinski definition) is 3. The quantitative estimate of drug-likeness (QED) is 0.737. The molecular formula is C12H14FNO2. The summed E-state index contributed by atoms with van der Waals surface area (Å²) in [5, 5.41) is 10.5. The first-order chi connectivity index (χ1) is 7.67. The summed E-state index contributed by atoms with van der Waals surface area (Å²) in [6, 6.07) is 3.28. The van der Waals surface area contributed by atoms with E-state index in [2.05, 4.69) is 4.98 Å². The van der Waals surface area contributed by atoms with Crippen molar-refractivity contribution in [3.05, 3.63) is 29.8 Å². The molecule has 1 aromatic rings. The van der Waals surface area contributed by atoms with Crippen molar-refractivity contribution in [2.45, 2.75) is 43.5 Å². The number of halogens is 1. The number of pyridine rings is 1. The van der Waals surface area contributed by atoms with E-state index < -0.39 is 11.5 Å². The third-order valence-electron chi connectivity index (χ3n) is 3.59. The van der Waals surface area contributed by atoms with Crippen LogP contribution in [0.15, 0.2) is 18.3 Å². The van der Waals surface area contributed by atoms with Crippen molar-refractivity contribution in [1.82, 2.24) is 4.98 Å². The lowest BCUT2D eigenvalue weighted by atomic mass is 9.84. The van der Waals surface area contributed by atoms with Crippen LogP contribution >= 0.6 is 0 Å². The van der Waals surface area contributed by atoms with E-state index in [1.165, 1.54) is 6.20 Å². The van der Waals surface area contributed by atoms with E-state index in [0.717, 1.165) is 12.8 Å². The highest BCUT2D eigenvalue weighted by molar-refractivity contribution is 5.21. The Balaban J connectivity index is 1.96. The molecule has 0 aliphatic carbocycles. The van der Waals surface area contributed by atoms with E-state index in [4.69, 9.17) is 4.74 Å². The van der Waals surface area contributed by atoms with Crippen molar-refractivity contribution in [3.63, 3.8) is 0 Å². The van der Waals surface area contributed by atoms with Gasteiger partial charge in [0.2, 0.25) is 5.95 Å². The third kappa shape index (κ3) is 1.53. The van der Waals surface area contributed by atoms with Gasteiger partial charge in [0.1, 0.15) is 0 Å². The molecule has 2 saturated heterocycles. The van der Waals surface area contributed by atoms with Crippen molar-refractivity contribution in [2.24, 2.45) is 0 Å². The number of fused-ring (bicyclic) bond motifs is 2. The summed E-state index contributed by atoms with van der Waals surface area (Å²) >= 11 is 0. The molecule has 86 valence electrons. The minimum Gasteiger partial charge on any atom is -0.385 e. The first kappa shape index (κ1) is 10.2. The van der Waals surface area contributed by atoms with Crippen LogP contribution in [0.3, 0.4) is 0 Å². The highest BCUT2D eigenvalue weighted by Gasteiger charge is 2.45. The van der Waals surface area contributed by atoms with Gasteiger partial charge in [0.05, 0.1) is 17.8 Å². The van der Waals surface area contributed by atoms with Gasteiger partial charge in [-0.05, 0) is 18.9 Å². The molecule has 0 aromatic carbocycles. The summed E-state index contributed by atoms with van der Waals surface area (Å²) < 4.78 is 19.2. The second-order valence-corrected chi connectivity index (χ2v) is 4.74. The molecule has 2 fully saturated rings. The number of hydrogen-bond donors (Lipinski definition) is 1. The summed E-state index contributed by atoms with van der Waals surface area (Å²) in [5.74, 6) is -0.564. The fourth-order valence-electron chi connectivity index (χ4n) is 2.87. The molecule has 1 N–H and O–H groups in total. The van der Waals surface area contributed by atoms with Crippen LogP contribution in [0, 0.1) is 5.95 Å². The van der Waals surface area contributed by atoms with E-state index in [9.17, 15) is 9.50 Å². The first-order valence-electron chi connectivity index (χ1n) is 5.66. The molecular weight excluding hydrogens is 209 g/mol. The van der Waals surface area contributed by atoms with Crippen LogP contribution in [0.25, 0.3) is 0 Å². The molecule has 3 heterocycles. The van der Waals surface area contributed by atoms with Gasteiger partial charge in [-0.2, -0.15) is 4.39 Å². The normalized spacial score (nSPS) is 37.6. The summed E-state index contributed by atoms with van der Waals surface area (Å²) in [6.45, 7) is 0. The van der Waals surface area contributed by atoms with Gasteiger partial charge in [0.25, 0.3) is 0 Å². The van der Waals surface area contributed by atoms with Gasteiger partial charge in [0.15, 0.2) is 0 Å². The SMILES string of the molecule is OC1(c2cccnc2F)CC2CCC(C1)O2. The summed E-state index contributed by atoms with van der Waals surface area (Å²) in [7, 11) is 0. The Morgan fingerprint density at radius 2 is 2.06 bits per heavy atom. The maximum absolute atomic E-state index is 13.6. The van der Waals surface area contributed by atoms with E-state index in [1.807, 2.05) is 0 Å². The Kier molecular flexibility index (Phi) is 2.23. The fourth-order valence-corrected chi connectivity index (χ4v) is 2.87. The zero-order chi connectivity index (χ0) is 11.2. The molecule has 0 amide bonds. The van der Waals surface area contributed by atoms with Crippen LogP contribution in [-0.4, -0.2) is 22.3 Å². The van der Waals surface area contributed by atoms with Crippen molar-refractivity contribution < 1.29 is 14.2 Å². The smallest absolute Gasteiger partial charge is 0.218 e. The second-order valence-electron chi connectivity index (χ2n) is 4.74. The summed E-state index contributed by atoms with van der Waals surface area (Å²) in [5.41, 5.74) is -0.780. The molecule has 3 nitrogen and oxygen atoms in total. The van der Waals surface area contributed by atoms with E-state index in [0.29, 0.717) is 18.4 Å². The largest absolute Gasteiger partial charge is 0.385 e. The molecule has 2 atom stereocenters. The van der Waals surface area contributed by atoms with Crippen LogP contribution < -0.4 is 0 Å². The van der Waals surface area contributed by atoms with E-state index in [1.54, 1.807) is 12.1 Å². The molecule has 16 heavy (non-hydrogen) atoms. The maximum atomic E-state index is 13.6. The predicted octanol–water partition coefficient (Wildman–Crippen LogP) is 1.75. The van der Waals surface area contributed by atoms with Crippen LogP contribution in [0.2, 0.25) is 0 Å². The van der Waals surface area contributed by atoms with Crippen LogP contribution in [-0.2, 0) is 10.3 Å². The fraction of sp³-hybridized carbons (Fsp3) is 0.583. The molecule has 0 radical (unpaired) electrons. The highest BCUT2D eigenvalue weighted by atomic mass is 19.1. The molecule has 2 bridgehead atoms. The van der Waals surface area contributed by atoms with Gasteiger partial charge in [-0.15, -0.1) is 0 Å². The van der Waals surface area contributed by atoms with Gasteiger partial charge < -0.3 is 9.84 Å². The number of aliphatic hydroxyl groups is 1. The average Bonchev–Trinajstić information content (AvgIpc) is 2.59. The lowest BCUT2D eigenvalue weighted by Crippen LogP contribution is -2.39. The molecule has 0 spiro atoms. The predicted molar refractivity (Wildman–Crippen MR) is 55.2 cm³/mol. The van der Waals surface area contributed by atoms with Crippen molar-refractivity contribution in [2.75, 3.05) is 0 Å². The minimum atomic E-state index is -1.09. The van der Waals surface area contributed by atoms with Gasteiger partial charge in [-0.3, -0.25) is 0 Å². The summed E-state index contributed by atoms with van der Waals surface area (Å²) in [6.07, 6.45) is 4.43. The Labute approximate surface area is 93.3 Å². The van der Waals surface area contributed by atoms with Crippen LogP contribution in [0.5, 0.6) is 0 Å². The highest BCUT2D eigenvalue weighted by Crippen LogP contribution is 2.44. The van der Waals surface area contributed by atoms with Crippen molar-refractivity contribution in [1.29, 1.82) is 0 Å². The number of rotatable bonds is 1. The van der Waals surface area contributed by atoms with E-state index >= 15 is 0 Å². The Morgan fingerprint density at radius 1 is 1.38 bits per heavy atom. The average molecular weight is 223 g/mol. The Morgan fingerprint density at radius 3 is 2.69 bits per heavy atom. The monoisotopic (exact) mass is 223 g/mol. The first-order valence-corrected chi connectivity index (χ1v) is 5.66. The zero-order valence-electron chi connectivity index (χ0n) is 8.90. The Bertz CT molecular complexity index is 398. The number of aromatic nitrogens is 1. The minimum absolute atomic E-state index is 0.0726. The van der Waals surface area contributed by atoms with Crippen molar-refractivity contribution in [3.8, 4) is 0 Å². The van der Waals surface area contributed by atoms with Gasteiger partial charge >= 0.3 is 0 Å². The van der Waals surface area contributed by atoms with Gasteiger partial charge in [-0.1, -0.05) is 6.07 Å². The Hall–Kier alpha value is -1.00. The maximum Gasteiger partial charge on any atom is 0.218 e. The van der Waals surface area contributed by atoms with E-state index in [-0.39, 0.29) is 12.2 Å². The zero-order valence-corrected chi connectivity index (χ0v) is 8.90. The standard InChI is InChI=1S/C12H14FNO2/c13-11-10(2-1-5-14-11)12(15)6-8-3-4-9(7-12)16-8/h1-2,5,8-9,15H,3-4,6-7H2. The molecule has 0 saturated carbocycles. The summed E-state index contributed by atoms with van der Waals surface area (Å²) in [4.78, 5) is 3.60. The molecule has 2 unspecified atom stereocenters. The van der Waals surface area contributed by atoms with Crippen molar-refractivity contribution >= 4 is 0 Å². The number of nitrogens with zero attached hydrogens (tertiary/aromatic N) is 1. The molecule has 2 aliphatic heterocycles. The topological polar surface area (TPSA) is 42.4 Å². The molecule has 2 aliphatic rings. The molecule has 3 rings (SSSR count).